The topological polar surface area (TPSA) is 140 Å². The molecule has 0 bridgehead atoms. The Morgan fingerprint density at radius 2 is 1.73 bits per heavy atom. The lowest BCUT2D eigenvalue weighted by Gasteiger charge is -2.06. The van der Waals surface area contributed by atoms with Crippen molar-refractivity contribution in [1.82, 2.24) is 20.4 Å². The second-order valence-electron chi connectivity index (χ2n) is 6.21. The van der Waals surface area contributed by atoms with E-state index >= 15 is 0 Å². The van der Waals surface area contributed by atoms with Crippen molar-refractivity contribution in [3.05, 3.63) is 70.6 Å². The molecule has 10 heteroatoms. The number of esters is 1. The number of ether oxygens (including phenoxy) is 1. The highest BCUT2D eigenvalue weighted by Gasteiger charge is 2.15. The van der Waals surface area contributed by atoms with Gasteiger partial charge in [0.25, 0.3) is 11.5 Å². The number of carbonyl (C=O) groups excluding carboxylic acids is 2. The van der Waals surface area contributed by atoms with Crippen LogP contribution in [0.25, 0.3) is 22.2 Å². The van der Waals surface area contributed by atoms with Crippen LogP contribution >= 0.6 is 0 Å². The molecule has 2 heterocycles. The predicted molar refractivity (Wildman–Crippen MR) is 105 cm³/mol. The summed E-state index contributed by atoms with van der Waals surface area (Å²) in [4.78, 5) is 35.9. The zero-order valence-corrected chi connectivity index (χ0v) is 15.5. The molecule has 2 aromatic heterocycles. The van der Waals surface area contributed by atoms with Gasteiger partial charge in [-0.05, 0) is 18.2 Å². The lowest BCUT2D eigenvalue weighted by atomic mass is 10.1. The van der Waals surface area contributed by atoms with Crippen molar-refractivity contribution in [2.24, 2.45) is 0 Å². The number of hydrogen-bond donors (Lipinski definition) is 2. The third-order valence-corrected chi connectivity index (χ3v) is 4.14. The first-order valence-corrected chi connectivity index (χ1v) is 8.91. The number of H-pyrrole nitrogens is 1. The van der Waals surface area contributed by atoms with Crippen molar-refractivity contribution in [2.45, 2.75) is 6.42 Å². The molecule has 0 aliphatic heterocycles. The van der Waals surface area contributed by atoms with Gasteiger partial charge in [0.1, 0.15) is 0 Å². The molecule has 2 N–H and O–H groups in total. The fraction of sp³-hybridized carbons (Fsp3) is 0.100. The van der Waals surface area contributed by atoms with E-state index < -0.39 is 18.5 Å². The SMILES string of the molecule is O=C(COC(=O)Cc1n[nH]c(=O)c2ccccc12)Nc1nnc(-c2ccccc2)o1. The van der Waals surface area contributed by atoms with Crippen molar-refractivity contribution in [3.8, 4) is 11.5 Å². The van der Waals surface area contributed by atoms with E-state index in [0.29, 0.717) is 22.0 Å². The van der Waals surface area contributed by atoms with Crippen molar-refractivity contribution in [1.29, 1.82) is 0 Å². The quantitative estimate of drug-likeness (QED) is 0.462. The maximum absolute atomic E-state index is 12.1. The molecule has 0 radical (unpaired) electrons. The number of benzene rings is 2. The minimum Gasteiger partial charge on any atom is -0.455 e. The highest BCUT2D eigenvalue weighted by Crippen LogP contribution is 2.19. The highest BCUT2D eigenvalue weighted by atomic mass is 16.5. The molecule has 4 rings (SSSR count). The summed E-state index contributed by atoms with van der Waals surface area (Å²) < 4.78 is 10.3. The van der Waals surface area contributed by atoms with Crippen LogP contribution < -0.4 is 10.9 Å². The van der Waals surface area contributed by atoms with E-state index in [1.165, 1.54) is 0 Å². The van der Waals surface area contributed by atoms with Crippen LogP contribution in [0.3, 0.4) is 0 Å². The lowest BCUT2D eigenvalue weighted by molar-refractivity contribution is -0.146. The molecule has 4 aromatic rings. The summed E-state index contributed by atoms with van der Waals surface area (Å²) in [6.45, 7) is -0.539. The average molecular weight is 405 g/mol. The number of anilines is 1. The summed E-state index contributed by atoms with van der Waals surface area (Å²) in [5.41, 5.74) is 0.703. The average Bonchev–Trinajstić information content (AvgIpc) is 3.23. The van der Waals surface area contributed by atoms with Gasteiger partial charge in [0.15, 0.2) is 6.61 Å². The van der Waals surface area contributed by atoms with Gasteiger partial charge in [0.2, 0.25) is 5.89 Å². The lowest BCUT2D eigenvalue weighted by Crippen LogP contribution is -2.22. The number of aromatic amines is 1. The van der Waals surface area contributed by atoms with E-state index in [4.69, 9.17) is 9.15 Å². The largest absolute Gasteiger partial charge is 0.455 e. The summed E-state index contributed by atoms with van der Waals surface area (Å²) in [6.07, 6.45) is -0.205. The minimum absolute atomic E-state index is 0.108. The molecule has 0 saturated carbocycles. The van der Waals surface area contributed by atoms with E-state index in [0.717, 1.165) is 0 Å². The third kappa shape index (κ3) is 4.22. The van der Waals surface area contributed by atoms with E-state index in [9.17, 15) is 14.4 Å². The molecule has 150 valence electrons. The predicted octanol–water partition coefficient (Wildman–Crippen LogP) is 1.70. The second-order valence-corrected chi connectivity index (χ2v) is 6.21. The Morgan fingerprint density at radius 3 is 2.53 bits per heavy atom. The van der Waals surface area contributed by atoms with Gasteiger partial charge >= 0.3 is 12.0 Å². The monoisotopic (exact) mass is 405 g/mol. The van der Waals surface area contributed by atoms with Crippen LogP contribution in [0.15, 0.2) is 63.8 Å². The number of aromatic nitrogens is 4. The standard InChI is InChI=1S/C20H15N5O5/c26-16(21-20-25-24-19(30-20)12-6-2-1-3-7-12)11-29-17(27)10-15-13-8-4-5-9-14(13)18(28)23-22-15/h1-9H,10-11H2,(H,23,28)(H,21,25,26). The number of nitrogens with one attached hydrogen (secondary N) is 2. The van der Waals surface area contributed by atoms with Crippen molar-refractivity contribution in [2.75, 3.05) is 11.9 Å². The number of fused-ring (bicyclic) bond motifs is 1. The molecule has 0 atom stereocenters. The Morgan fingerprint density at radius 1 is 1.00 bits per heavy atom. The summed E-state index contributed by atoms with van der Waals surface area (Å²) >= 11 is 0. The number of amides is 1. The van der Waals surface area contributed by atoms with Crippen LogP contribution in [0.5, 0.6) is 0 Å². The highest BCUT2D eigenvalue weighted by molar-refractivity contribution is 5.91. The molecule has 10 nitrogen and oxygen atoms in total. The van der Waals surface area contributed by atoms with E-state index in [1.54, 1.807) is 36.4 Å². The molecule has 0 aliphatic carbocycles. The first-order chi connectivity index (χ1) is 14.6. The molecule has 2 aromatic carbocycles. The smallest absolute Gasteiger partial charge is 0.322 e. The molecule has 0 saturated heterocycles. The fourth-order valence-corrected chi connectivity index (χ4v) is 2.77. The second kappa shape index (κ2) is 8.35. The van der Waals surface area contributed by atoms with Gasteiger partial charge in [0.05, 0.1) is 17.5 Å². The van der Waals surface area contributed by atoms with E-state index in [2.05, 4.69) is 25.7 Å². The zero-order chi connectivity index (χ0) is 20.9. The van der Waals surface area contributed by atoms with Gasteiger partial charge in [-0.3, -0.25) is 19.7 Å². The molecule has 0 unspecified atom stereocenters. The molecule has 0 fully saturated rings. The van der Waals surface area contributed by atoms with Gasteiger partial charge in [-0.25, -0.2) is 5.10 Å². The molecule has 1 amide bonds. The van der Waals surface area contributed by atoms with E-state index in [-0.39, 0.29) is 23.9 Å². The first kappa shape index (κ1) is 19.0. The van der Waals surface area contributed by atoms with Gasteiger partial charge in [-0.15, -0.1) is 5.10 Å². The van der Waals surface area contributed by atoms with Crippen LogP contribution in [0.4, 0.5) is 6.01 Å². The van der Waals surface area contributed by atoms with Gasteiger partial charge in [-0.1, -0.05) is 41.5 Å². The zero-order valence-electron chi connectivity index (χ0n) is 15.5. The Bertz CT molecular complexity index is 1270. The Hall–Kier alpha value is -4.34. The minimum atomic E-state index is -0.676. The van der Waals surface area contributed by atoms with Gasteiger partial charge in [0, 0.05) is 10.9 Å². The summed E-state index contributed by atoms with van der Waals surface area (Å²) in [7, 11) is 0. The molecule has 30 heavy (non-hydrogen) atoms. The number of carbonyl (C=O) groups is 2. The Labute approximate surface area is 168 Å². The molecule has 0 aliphatic rings. The van der Waals surface area contributed by atoms with Crippen LogP contribution in [0.2, 0.25) is 0 Å². The van der Waals surface area contributed by atoms with Crippen LogP contribution in [0, 0.1) is 0 Å². The Kier molecular flexibility index (Phi) is 5.29. The van der Waals surface area contributed by atoms with Crippen molar-refractivity contribution < 1.29 is 18.7 Å². The molecular formula is C20H15N5O5. The summed E-state index contributed by atoms with van der Waals surface area (Å²) in [5.74, 6) is -1.06. The van der Waals surface area contributed by atoms with E-state index in [1.807, 2.05) is 18.2 Å². The van der Waals surface area contributed by atoms with Crippen LogP contribution in [-0.2, 0) is 20.7 Å². The number of rotatable bonds is 6. The summed E-state index contributed by atoms with van der Waals surface area (Å²) in [5, 5.41) is 17.2. The first-order valence-electron chi connectivity index (χ1n) is 8.91. The molecule has 0 spiro atoms. The van der Waals surface area contributed by atoms with Gasteiger partial charge in [-0.2, -0.15) is 5.10 Å². The summed E-state index contributed by atoms with van der Waals surface area (Å²) in [6, 6.07) is 15.7. The Balaban J connectivity index is 1.34. The van der Waals surface area contributed by atoms with Crippen molar-refractivity contribution in [3.63, 3.8) is 0 Å². The number of nitrogens with zero attached hydrogens (tertiary/aromatic N) is 3. The fourth-order valence-electron chi connectivity index (χ4n) is 2.77. The maximum Gasteiger partial charge on any atom is 0.322 e. The molecular weight excluding hydrogens is 390 g/mol. The maximum atomic E-state index is 12.1. The number of hydrogen-bond acceptors (Lipinski definition) is 8. The van der Waals surface area contributed by atoms with Crippen LogP contribution in [-0.4, -0.2) is 38.9 Å². The normalized spacial score (nSPS) is 10.7. The van der Waals surface area contributed by atoms with Crippen molar-refractivity contribution >= 4 is 28.7 Å². The van der Waals surface area contributed by atoms with Gasteiger partial charge < -0.3 is 9.15 Å². The van der Waals surface area contributed by atoms with Crippen LogP contribution in [0.1, 0.15) is 5.69 Å². The third-order valence-electron chi connectivity index (χ3n) is 4.14.